The van der Waals surface area contributed by atoms with Crippen LogP contribution in [0.2, 0.25) is 0 Å². The van der Waals surface area contributed by atoms with Crippen molar-refractivity contribution in [3.05, 3.63) is 99.0 Å². The van der Waals surface area contributed by atoms with Crippen molar-refractivity contribution in [2.75, 3.05) is 16.6 Å². The smallest absolute Gasteiger partial charge is 0.271 e. The fourth-order valence-electron chi connectivity index (χ4n) is 5.39. The molecule has 2 heterocycles. The molecule has 4 aromatic rings. The molecule has 2 aliphatic heterocycles. The van der Waals surface area contributed by atoms with Crippen LogP contribution in [-0.2, 0) is 14.4 Å². The number of phenols is 1. The lowest BCUT2D eigenvalue weighted by Gasteiger charge is -2.29. The van der Waals surface area contributed by atoms with Gasteiger partial charge in [0.15, 0.2) is 17.6 Å². The number of ether oxygens (including phenoxy) is 1. The first-order valence-corrected chi connectivity index (χ1v) is 13.3. The Morgan fingerprint density at radius 1 is 1.02 bits per heavy atom. The highest BCUT2D eigenvalue weighted by atomic mass is 79.9. The van der Waals surface area contributed by atoms with Crippen LogP contribution in [0.25, 0.3) is 10.8 Å². The molecule has 2 aliphatic rings. The van der Waals surface area contributed by atoms with Crippen LogP contribution in [0.1, 0.15) is 18.5 Å². The molecule has 2 saturated heterocycles. The minimum absolute atomic E-state index is 0.117. The standard InChI is InChI=1S/C29H22BrN3O7/c1-2-39-23-14-17(13-21(30)26(23)34)25-24-27(40-32(25)18-9-6-10-19(15-18)33(37)38)29(36)31(28(24)35)22-12-5-8-16-7-3-4-11-20(16)22/h3-15,24-25,27,34H,2H2,1H3/t24-,25-,27-/m1/s1. The molecule has 0 bridgehead atoms. The van der Waals surface area contributed by atoms with E-state index in [9.17, 15) is 24.8 Å². The molecule has 4 aromatic carbocycles. The number of aromatic hydroxyl groups is 1. The fourth-order valence-corrected chi connectivity index (χ4v) is 5.85. The average Bonchev–Trinajstić information content (AvgIpc) is 3.46. The average molecular weight is 604 g/mol. The number of carbonyl (C=O) groups excluding carboxylic acids is 2. The van der Waals surface area contributed by atoms with Crippen LogP contribution in [-0.4, -0.2) is 34.6 Å². The first kappa shape index (κ1) is 25.8. The van der Waals surface area contributed by atoms with E-state index in [4.69, 9.17) is 9.57 Å². The van der Waals surface area contributed by atoms with Crippen molar-refractivity contribution in [3.63, 3.8) is 0 Å². The second-order valence-electron chi connectivity index (χ2n) is 9.39. The highest BCUT2D eigenvalue weighted by molar-refractivity contribution is 9.10. The molecule has 1 N–H and O–H groups in total. The third-order valence-electron chi connectivity index (χ3n) is 7.11. The fraction of sp³-hybridized carbons (Fsp3) is 0.172. The number of hydroxylamine groups is 1. The summed E-state index contributed by atoms with van der Waals surface area (Å²) in [5.41, 5.74) is 1.09. The number of benzene rings is 4. The number of amides is 2. The summed E-state index contributed by atoms with van der Waals surface area (Å²) in [6.45, 7) is 2.04. The van der Waals surface area contributed by atoms with Crippen molar-refractivity contribution in [3.8, 4) is 11.5 Å². The SMILES string of the molecule is CCOc1cc([C@@H]2[C@H]3C(=O)N(c4cccc5ccccc45)C(=O)[C@@H]3ON2c2cccc([N+](=O)[O-])c2)cc(Br)c1O. The molecule has 0 aromatic heterocycles. The van der Waals surface area contributed by atoms with Gasteiger partial charge in [0.05, 0.1) is 33.4 Å². The number of nitrogens with zero attached hydrogens (tertiary/aromatic N) is 3. The zero-order chi connectivity index (χ0) is 28.1. The molecule has 0 unspecified atom stereocenters. The Morgan fingerprint density at radius 3 is 2.55 bits per heavy atom. The predicted octanol–water partition coefficient (Wildman–Crippen LogP) is 5.67. The van der Waals surface area contributed by atoms with Gasteiger partial charge in [-0.1, -0.05) is 42.5 Å². The van der Waals surface area contributed by atoms with Crippen LogP contribution in [0.4, 0.5) is 17.1 Å². The number of phenolic OH excluding ortho intramolecular Hbond substituents is 1. The van der Waals surface area contributed by atoms with Gasteiger partial charge in [-0.15, -0.1) is 0 Å². The second kappa shape index (κ2) is 9.92. The van der Waals surface area contributed by atoms with E-state index in [0.29, 0.717) is 21.4 Å². The number of hydrogen-bond acceptors (Lipinski definition) is 8. The van der Waals surface area contributed by atoms with Crippen LogP contribution < -0.4 is 14.7 Å². The van der Waals surface area contributed by atoms with Gasteiger partial charge >= 0.3 is 0 Å². The van der Waals surface area contributed by atoms with Gasteiger partial charge in [0.25, 0.3) is 11.6 Å². The van der Waals surface area contributed by atoms with Gasteiger partial charge in [-0.05, 0) is 58.1 Å². The van der Waals surface area contributed by atoms with Crippen molar-refractivity contribution in [1.29, 1.82) is 0 Å². The topological polar surface area (TPSA) is 122 Å². The van der Waals surface area contributed by atoms with Gasteiger partial charge in [-0.3, -0.25) is 24.5 Å². The van der Waals surface area contributed by atoms with Gasteiger partial charge in [0.2, 0.25) is 5.91 Å². The van der Waals surface area contributed by atoms with Crippen molar-refractivity contribution in [2.45, 2.75) is 19.1 Å². The summed E-state index contributed by atoms with van der Waals surface area (Å²) < 4.78 is 5.93. The number of non-ortho nitro benzene ring substituents is 1. The molecule has 0 spiro atoms. The minimum Gasteiger partial charge on any atom is -0.503 e. The van der Waals surface area contributed by atoms with E-state index < -0.39 is 34.8 Å². The van der Waals surface area contributed by atoms with Gasteiger partial charge in [0.1, 0.15) is 5.92 Å². The number of carbonyl (C=O) groups is 2. The number of fused-ring (bicyclic) bond motifs is 2. The highest BCUT2D eigenvalue weighted by Crippen LogP contribution is 2.50. The molecule has 2 amide bonds. The van der Waals surface area contributed by atoms with Gasteiger partial charge in [-0.25, -0.2) is 9.96 Å². The van der Waals surface area contributed by atoms with Gasteiger partial charge in [-0.2, -0.15) is 0 Å². The van der Waals surface area contributed by atoms with E-state index >= 15 is 0 Å². The maximum Gasteiger partial charge on any atom is 0.271 e. The Balaban J connectivity index is 1.50. The molecule has 6 rings (SSSR count). The molecule has 0 radical (unpaired) electrons. The lowest BCUT2D eigenvalue weighted by molar-refractivity contribution is -0.384. The van der Waals surface area contributed by atoms with E-state index in [0.717, 1.165) is 15.7 Å². The lowest BCUT2D eigenvalue weighted by Crippen LogP contribution is -2.37. The molecule has 3 atom stereocenters. The van der Waals surface area contributed by atoms with Crippen LogP contribution in [0, 0.1) is 16.0 Å². The first-order valence-electron chi connectivity index (χ1n) is 12.5. The number of halogens is 1. The second-order valence-corrected chi connectivity index (χ2v) is 10.2. The molecule has 10 nitrogen and oxygen atoms in total. The number of imide groups is 1. The quantitative estimate of drug-likeness (QED) is 0.170. The zero-order valence-electron chi connectivity index (χ0n) is 21.1. The molecule has 40 heavy (non-hydrogen) atoms. The molecule has 11 heteroatoms. The summed E-state index contributed by atoms with van der Waals surface area (Å²) >= 11 is 3.36. The Hall–Kier alpha value is -4.48. The van der Waals surface area contributed by atoms with E-state index in [2.05, 4.69) is 15.9 Å². The van der Waals surface area contributed by atoms with Crippen LogP contribution in [0.5, 0.6) is 11.5 Å². The summed E-state index contributed by atoms with van der Waals surface area (Å²) in [6, 6.07) is 21.0. The Bertz CT molecular complexity index is 1690. The van der Waals surface area contributed by atoms with Crippen molar-refractivity contribution >= 4 is 55.6 Å². The number of nitro benzene ring substituents is 1. The number of rotatable bonds is 6. The predicted molar refractivity (Wildman–Crippen MR) is 150 cm³/mol. The number of nitro groups is 1. The Labute approximate surface area is 236 Å². The maximum absolute atomic E-state index is 14.1. The minimum atomic E-state index is -1.18. The maximum atomic E-state index is 14.1. The summed E-state index contributed by atoms with van der Waals surface area (Å²) in [6.07, 6.45) is -1.18. The molecule has 202 valence electrons. The lowest BCUT2D eigenvalue weighted by atomic mass is 9.90. The van der Waals surface area contributed by atoms with E-state index in [-0.39, 0.29) is 23.8 Å². The van der Waals surface area contributed by atoms with E-state index in [1.807, 2.05) is 30.3 Å². The Kier molecular flexibility index (Phi) is 6.40. The van der Waals surface area contributed by atoms with Crippen LogP contribution >= 0.6 is 15.9 Å². The summed E-state index contributed by atoms with van der Waals surface area (Å²) in [4.78, 5) is 46.3. The van der Waals surface area contributed by atoms with Crippen molar-refractivity contribution in [2.24, 2.45) is 5.92 Å². The Morgan fingerprint density at radius 2 is 1.77 bits per heavy atom. The van der Waals surface area contributed by atoms with Crippen LogP contribution in [0.3, 0.4) is 0 Å². The summed E-state index contributed by atoms with van der Waals surface area (Å²) in [5, 5.41) is 25.0. The summed E-state index contributed by atoms with van der Waals surface area (Å²) in [5.74, 6) is -1.93. The molecule has 2 fully saturated rings. The van der Waals surface area contributed by atoms with Crippen molar-refractivity contribution in [1.82, 2.24) is 0 Å². The monoisotopic (exact) mass is 603 g/mol. The number of anilines is 2. The molecular formula is C29H22BrN3O7. The molecule has 0 saturated carbocycles. The normalized spacial score (nSPS) is 20.3. The molecule has 0 aliphatic carbocycles. The van der Waals surface area contributed by atoms with Crippen molar-refractivity contribution < 1.29 is 29.2 Å². The van der Waals surface area contributed by atoms with Gasteiger partial charge < -0.3 is 9.84 Å². The first-order chi connectivity index (χ1) is 19.3. The van der Waals surface area contributed by atoms with E-state index in [1.54, 1.807) is 37.3 Å². The third kappa shape index (κ3) is 4.05. The van der Waals surface area contributed by atoms with Crippen LogP contribution in [0.15, 0.2) is 83.3 Å². The largest absolute Gasteiger partial charge is 0.503 e. The summed E-state index contributed by atoms with van der Waals surface area (Å²) in [7, 11) is 0. The van der Waals surface area contributed by atoms with E-state index in [1.165, 1.54) is 23.3 Å². The molecular weight excluding hydrogens is 582 g/mol. The number of hydrogen-bond donors (Lipinski definition) is 1. The van der Waals surface area contributed by atoms with Gasteiger partial charge in [0, 0.05) is 17.5 Å². The zero-order valence-corrected chi connectivity index (χ0v) is 22.6. The highest BCUT2D eigenvalue weighted by Gasteiger charge is 2.60. The third-order valence-corrected chi connectivity index (χ3v) is 7.71.